The van der Waals surface area contributed by atoms with Crippen LogP contribution < -0.4 is 5.32 Å². The molecule has 3 nitrogen and oxygen atoms in total. The van der Waals surface area contributed by atoms with Gasteiger partial charge in [0, 0.05) is 11.4 Å². The molecule has 2 rings (SSSR count). The van der Waals surface area contributed by atoms with E-state index in [0.29, 0.717) is 6.54 Å². The Labute approximate surface area is 114 Å². The van der Waals surface area contributed by atoms with Crippen LogP contribution in [0.15, 0.2) is 27.4 Å². The normalized spacial score (nSPS) is 10.8. The fourth-order valence-corrected chi connectivity index (χ4v) is 3.18. The van der Waals surface area contributed by atoms with E-state index in [9.17, 15) is 4.39 Å². The first-order valence-electron chi connectivity index (χ1n) is 5.66. The molecule has 0 amide bonds. The zero-order valence-electron chi connectivity index (χ0n) is 10.2. The Bertz CT molecular complexity index is 528. The van der Waals surface area contributed by atoms with Crippen LogP contribution >= 0.6 is 23.3 Å². The van der Waals surface area contributed by atoms with E-state index in [1.807, 2.05) is 13.8 Å². The summed E-state index contributed by atoms with van der Waals surface area (Å²) in [4.78, 5) is 5.33. The highest BCUT2D eigenvalue weighted by Crippen LogP contribution is 2.31. The van der Waals surface area contributed by atoms with Gasteiger partial charge in [0.1, 0.15) is 11.6 Å². The van der Waals surface area contributed by atoms with Crippen LogP contribution in [0.2, 0.25) is 0 Å². The van der Waals surface area contributed by atoms with E-state index < -0.39 is 0 Å². The van der Waals surface area contributed by atoms with Crippen LogP contribution in [0.25, 0.3) is 0 Å². The van der Waals surface area contributed by atoms with E-state index in [4.69, 9.17) is 0 Å². The summed E-state index contributed by atoms with van der Waals surface area (Å²) in [7, 11) is 0. The molecule has 1 N–H and O–H groups in total. The van der Waals surface area contributed by atoms with Crippen LogP contribution in [-0.2, 0) is 6.54 Å². The molecule has 0 saturated carbocycles. The second-order valence-corrected chi connectivity index (χ2v) is 5.78. The van der Waals surface area contributed by atoms with E-state index in [-0.39, 0.29) is 5.82 Å². The van der Waals surface area contributed by atoms with Crippen LogP contribution in [-0.4, -0.2) is 15.9 Å². The molecule has 0 fully saturated rings. The van der Waals surface area contributed by atoms with Crippen molar-refractivity contribution in [2.75, 3.05) is 6.54 Å². The average Bonchev–Trinajstić information content (AvgIpc) is 2.75. The SMILES string of the molecule is CCNCc1cc(F)ccc1Sc1nc(C)ns1. The molecule has 0 spiro atoms. The average molecular weight is 283 g/mol. The van der Waals surface area contributed by atoms with Crippen LogP contribution in [0, 0.1) is 12.7 Å². The molecular weight excluding hydrogens is 269 g/mol. The molecule has 2 aromatic rings. The Hall–Kier alpha value is -0.980. The minimum absolute atomic E-state index is 0.208. The number of nitrogens with zero attached hydrogens (tertiary/aromatic N) is 2. The molecule has 0 radical (unpaired) electrons. The fourth-order valence-electron chi connectivity index (χ4n) is 1.46. The minimum Gasteiger partial charge on any atom is -0.313 e. The number of hydrogen-bond donors (Lipinski definition) is 1. The van der Waals surface area contributed by atoms with Gasteiger partial charge in [-0.3, -0.25) is 0 Å². The van der Waals surface area contributed by atoms with E-state index in [1.54, 1.807) is 12.1 Å². The van der Waals surface area contributed by atoms with E-state index in [2.05, 4.69) is 14.7 Å². The molecule has 96 valence electrons. The topological polar surface area (TPSA) is 37.8 Å². The third-order valence-corrected chi connectivity index (χ3v) is 4.25. The molecule has 1 heterocycles. The lowest BCUT2D eigenvalue weighted by atomic mass is 10.2. The van der Waals surface area contributed by atoms with Crippen molar-refractivity contribution < 1.29 is 4.39 Å². The summed E-state index contributed by atoms with van der Waals surface area (Å²) < 4.78 is 18.3. The van der Waals surface area contributed by atoms with Crippen molar-refractivity contribution in [3.05, 3.63) is 35.4 Å². The first-order valence-corrected chi connectivity index (χ1v) is 7.25. The largest absolute Gasteiger partial charge is 0.313 e. The zero-order chi connectivity index (χ0) is 13.0. The number of halogens is 1. The van der Waals surface area contributed by atoms with Crippen molar-refractivity contribution >= 4 is 23.3 Å². The van der Waals surface area contributed by atoms with E-state index in [1.165, 1.54) is 29.4 Å². The van der Waals surface area contributed by atoms with Crippen molar-refractivity contribution in [1.82, 2.24) is 14.7 Å². The monoisotopic (exact) mass is 283 g/mol. The number of rotatable bonds is 5. The lowest BCUT2D eigenvalue weighted by molar-refractivity contribution is 0.619. The fraction of sp³-hybridized carbons (Fsp3) is 0.333. The van der Waals surface area contributed by atoms with Crippen LogP contribution in [0.3, 0.4) is 0 Å². The lowest BCUT2D eigenvalue weighted by Crippen LogP contribution is -2.12. The van der Waals surface area contributed by atoms with E-state index >= 15 is 0 Å². The second kappa shape index (κ2) is 6.26. The molecule has 0 aliphatic heterocycles. The van der Waals surface area contributed by atoms with E-state index in [0.717, 1.165) is 27.2 Å². The third kappa shape index (κ3) is 3.51. The molecule has 18 heavy (non-hydrogen) atoms. The quantitative estimate of drug-likeness (QED) is 0.914. The number of benzene rings is 1. The summed E-state index contributed by atoms with van der Waals surface area (Å²) in [5.74, 6) is 0.568. The van der Waals surface area contributed by atoms with Crippen molar-refractivity contribution in [1.29, 1.82) is 0 Å². The lowest BCUT2D eigenvalue weighted by Gasteiger charge is -2.08. The second-order valence-electron chi connectivity index (χ2n) is 3.74. The molecule has 1 aromatic heterocycles. The maximum atomic E-state index is 13.3. The molecule has 0 unspecified atom stereocenters. The Morgan fingerprint density at radius 1 is 1.44 bits per heavy atom. The Kier molecular flexibility index (Phi) is 4.68. The van der Waals surface area contributed by atoms with Crippen LogP contribution in [0.4, 0.5) is 4.39 Å². The summed E-state index contributed by atoms with van der Waals surface area (Å²) >= 11 is 2.90. The van der Waals surface area contributed by atoms with Gasteiger partial charge in [-0.15, -0.1) is 0 Å². The highest BCUT2D eigenvalue weighted by Gasteiger charge is 2.08. The van der Waals surface area contributed by atoms with Gasteiger partial charge in [-0.05, 0) is 48.8 Å². The Morgan fingerprint density at radius 3 is 2.94 bits per heavy atom. The van der Waals surface area contributed by atoms with Gasteiger partial charge in [0.25, 0.3) is 0 Å². The van der Waals surface area contributed by atoms with Crippen LogP contribution in [0.5, 0.6) is 0 Å². The van der Waals surface area contributed by atoms with Gasteiger partial charge in [0.05, 0.1) is 0 Å². The van der Waals surface area contributed by atoms with Gasteiger partial charge in [0.2, 0.25) is 0 Å². The van der Waals surface area contributed by atoms with Gasteiger partial charge in [0.15, 0.2) is 4.34 Å². The number of nitrogens with one attached hydrogen (secondary N) is 1. The highest BCUT2D eigenvalue weighted by molar-refractivity contribution is 8.01. The molecule has 1 aromatic carbocycles. The molecule has 0 atom stereocenters. The molecule has 0 bridgehead atoms. The number of hydrogen-bond acceptors (Lipinski definition) is 5. The van der Waals surface area contributed by atoms with Gasteiger partial charge < -0.3 is 5.32 Å². The van der Waals surface area contributed by atoms with Crippen molar-refractivity contribution in [3.8, 4) is 0 Å². The van der Waals surface area contributed by atoms with Gasteiger partial charge in [-0.1, -0.05) is 18.7 Å². The standard InChI is InChI=1S/C12H14FN3S2/c1-3-14-7-9-6-10(13)4-5-11(9)17-12-15-8(2)16-18-12/h4-6,14H,3,7H2,1-2H3. The molecule has 0 saturated heterocycles. The Morgan fingerprint density at radius 2 is 2.28 bits per heavy atom. The number of aromatic nitrogens is 2. The summed E-state index contributed by atoms with van der Waals surface area (Å²) in [5.41, 5.74) is 0.953. The summed E-state index contributed by atoms with van der Waals surface area (Å²) in [5, 5.41) is 3.21. The zero-order valence-corrected chi connectivity index (χ0v) is 11.9. The van der Waals surface area contributed by atoms with Crippen molar-refractivity contribution in [2.45, 2.75) is 29.6 Å². The highest BCUT2D eigenvalue weighted by atomic mass is 32.2. The predicted molar refractivity (Wildman–Crippen MR) is 72.5 cm³/mol. The van der Waals surface area contributed by atoms with Crippen LogP contribution in [0.1, 0.15) is 18.3 Å². The molecular formula is C12H14FN3S2. The van der Waals surface area contributed by atoms with Gasteiger partial charge in [-0.25, -0.2) is 9.37 Å². The molecule has 6 heteroatoms. The smallest absolute Gasteiger partial charge is 0.174 e. The van der Waals surface area contributed by atoms with Crippen molar-refractivity contribution in [2.24, 2.45) is 0 Å². The Balaban J connectivity index is 2.20. The first kappa shape index (κ1) is 13.5. The van der Waals surface area contributed by atoms with Gasteiger partial charge >= 0.3 is 0 Å². The molecule has 0 aliphatic rings. The minimum atomic E-state index is -0.208. The summed E-state index contributed by atoms with van der Waals surface area (Å²) in [6.45, 7) is 5.41. The maximum absolute atomic E-state index is 13.3. The maximum Gasteiger partial charge on any atom is 0.174 e. The van der Waals surface area contributed by atoms with Crippen molar-refractivity contribution in [3.63, 3.8) is 0 Å². The first-order chi connectivity index (χ1) is 8.69. The van der Waals surface area contributed by atoms with Gasteiger partial charge in [-0.2, -0.15) is 4.37 Å². The third-order valence-electron chi connectivity index (χ3n) is 2.29. The molecule has 0 aliphatic carbocycles. The predicted octanol–water partition coefficient (Wildman–Crippen LogP) is 3.25. The summed E-state index contributed by atoms with van der Waals surface area (Å²) in [6, 6.07) is 4.84. The summed E-state index contributed by atoms with van der Waals surface area (Å²) in [6.07, 6.45) is 0. The number of aryl methyl sites for hydroxylation is 1.